The lowest BCUT2D eigenvalue weighted by Crippen LogP contribution is -1.99. The van der Waals surface area contributed by atoms with E-state index in [0.717, 1.165) is 5.69 Å². The Kier molecular flexibility index (Phi) is 4.10. The monoisotopic (exact) mass is 313 g/mol. The first kappa shape index (κ1) is 14.2. The highest BCUT2D eigenvalue weighted by molar-refractivity contribution is 7.98. The average Bonchev–Trinajstić information content (AvgIpc) is 3.02. The van der Waals surface area contributed by atoms with Gasteiger partial charge in [-0.25, -0.2) is 0 Å². The van der Waals surface area contributed by atoms with Crippen LogP contribution < -0.4 is 0 Å². The van der Waals surface area contributed by atoms with Crippen molar-refractivity contribution in [3.63, 3.8) is 0 Å². The Morgan fingerprint density at radius 2 is 1.82 bits per heavy atom. The van der Waals surface area contributed by atoms with Gasteiger partial charge in [-0.2, -0.15) is 4.68 Å². The van der Waals surface area contributed by atoms with Gasteiger partial charge in [0.05, 0.1) is 10.6 Å². The molecule has 22 heavy (non-hydrogen) atoms. The summed E-state index contributed by atoms with van der Waals surface area (Å²) in [7, 11) is 0. The highest BCUT2D eigenvalue weighted by Crippen LogP contribution is 2.27. The number of tetrazole rings is 1. The Labute approximate surface area is 130 Å². The number of hydrogen-bond acceptors (Lipinski definition) is 6. The number of nitrogens with zero attached hydrogens (tertiary/aromatic N) is 5. The molecule has 0 radical (unpaired) electrons. The van der Waals surface area contributed by atoms with Crippen LogP contribution >= 0.6 is 11.8 Å². The van der Waals surface area contributed by atoms with Crippen molar-refractivity contribution in [2.45, 2.75) is 10.9 Å². The lowest BCUT2D eigenvalue weighted by atomic mass is 10.2. The number of aromatic nitrogens is 4. The second-order valence-corrected chi connectivity index (χ2v) is 5.33. The van der Waals surface area contributed by atoms with E-state index >= 15 is 0 Å². The summed E-state index contributed by atoms with van der Waals surface area (Å²) in [4.78, 5) is 10.6. The minimum absolute atomic E-state index is 0.105. The number of para-hydroxylation sites is 2. The lowest BCUT2D eigenvalue weighted by Gasteiger charge is -2.04. The summed E-state index contributed by atoms with van der Waals surface area (Å²) in [5, 5.41) is 23.2. The van der Waals surface area contributed by atoms with Crippen molar-refractivity contribution in [2.24, 2.45) is 0 Å². The molecule has 0 spiro atoms. The molecule has 2 aromatic carbocycles. The number of hydrogen-bond donors (Lipinski definition) is 0. The minimum atomic E-state index is -0.379. The van der Waals surface area contributed by atoms with E-state index in [1.54, 1.807) is 22.9 Å². The van der Waals surface area contributed by atoms with Crippen molar-refractivity contribution in [3.05, 3.63) is 70.3 Å². The smallest absolute Gasteiger partial charge is 0.258 e. The summed E-state index contributed by atoms with van der Waals surface area (Å²) < 4.78 is 1.61. The van der Waals surface area contributed by atoms with Gasteiger partial charge in [0.25, 0.3) is 5.69 Å². The molecule has 0 amide bonds. The zero-order valence-corrected chi connectivity index (χ0v) is 12.2. The van der Waals surface area contributed by atoms with Gasteiger partial charge in [0.2, 0.25) is 5.16 Å². The molecule has 0 aliphatic heterocycles. The second-order valence-electron chi connectivity index (χ2n) is 4.38. The summed E-state index contributed by atoms with van der Waals surface area (Å²) in [5.74, 6) is 0.421. The third-order valence-corrected chi connectivity index (χ3v) is 3.95. The number of nitro benzene ring substituents is 1. The third-order valence-electron chi connectivity index (χ3n) is 2.99. The second kappa shape index (κ2) is 6.35. The first-order valence-corrected chi connectivity index (χ1v) is 7.43. The van der Waals surface area contributed by atoms with Crippen LogP contribution in [-0.2, 0) is 5.75 Å². The number of rotatable bonds is 5. The predicted molar refractivity (Wildman–Crippen MR) is 81.8 cm³/mol. The topological polar surface area (TPSA) is 86.7 Å². The van der Waals surface area contributed by atoms with Crippen LogP contribution in [0.4, 0.5) is 5.69 Å². The largest absolute Gasteiger partial charge is 0.273 e. The van der Waals surface area contributed by atoms with Crippen LogP contribution in [0.2, 0.25) is 0 Å². The zero-order valence-electron chi connectivity index (χ0n) is 11.4. The SMILES string of the molecule is O=[N+]([O-])c1ccccc1CSc1nnnn1-c1ccccc1. The first-order valence-electron chi connectivity index (χ1n) is 6.44. The molecular formula is C14H11N5O2S. The third kappa shape index (κ3) is 2.96. The molecule has 0 unspecified atom stereocenters. The van der Waals surface area contributed by atoms with Crippen molar-refractivity contribution in [2.75, 3.05) is 0 Å². The van der Waals surface area contributed by atoms with Crippen LogP contribution in [0, 0.1) is 10.1 Å². The van der Waals surface area contributed by atoms with Crippen molar-refractivity contribution >= 4 is 17.4 Å². The Balaban J connectivity index is 1.82. The van der Waals surface area contributed by atoms with Gasteiger partial charge in [0, 0.05) is 17.4 Å². The molecule has 1 aromatic heterocycles. The molecule has 0 atom stereocenters. The summed E-state index contributed by atoms with van der Waals surface area (Å²) >= 11 is 1.36. The fraction of sp³-hybridized carbons (Fsp3) is 0.0714. The number of benzene rings is 2. The van der Waals surface area contributed by atoms with E-state index in [0.29, 0.717) is 16.5 Å². The molecule has 0 fully saturated rings. The highest BCUT2D eigenvalue weighted by atomic mass is 32.2. The van der Waals surface area contributed by atoms with Crippen molar-refractivity contribution in [1.29, 1.82) is 0 Å². The van der Waals surface area contributed by atoms with E-state index in [1.807, 2.05) is 30.3 Å². The van der Waals surface area contributed by atoms with Crippen LogP contribution in [0.15, 0.2) is 59.8 Å². The maximum Gasteiger partial charge on any atom is 0.273 e. The summed E-state index contributed by atoms with van der Waals surface area (Å²) in [5.41, 5.74) is 1.59. The minimum Gasteiger partial charge on any atom is -0.258 e. The molecule has 0 saturated carbocycles. The molecule has 0 saturated heterocycles. The van der Waals surface area contributed by atoms with Crippen LogP contribution in [0.3, 0.4) is 0 Å². The highest BCUT2D eigenvalue weighted by Gasteiger charge is 2.15. The summed E-state index contributed by atoms with van der Waals surface area (Å²) in [6, 6.07) is 16.2. The van der Waals surface area contributed by atoms with Crippen LogP contribution in [0.5, 0.6) is 0 Å². The fourth-order valence-corrected chi connectivity index (χ4v) is 2.84. The molecule has 7 nitrogen and oxygen atoms in total. The molecule has 0 N–H and O–H groups in total. The van der Waals surface area contributed by atoms with Crippen molar-refractivity contribution in [3.8, 4) is 5.69 Å². The maximum atomic E-state index is 11.0. The quantitative estimate of drug-likeness (QED) is 0.409. The Bertz CT molecular complexity index is 791. The van der Waals surface area contributed by atoms with Gasteiger partial charge in [-0.3, -0.25) is 10.1 Å². The van der Waals surface area contributed by atoms with E-state index in [2.05, 4.69) is 15.5 Å². The average molecular weight is 313 g/mol. The fourth-order valence-electron chi connectivity index (χ4n) is 1.95. The Morgan fingerprint density at radius 3 is 2.59 bits per heavy atom. The predicted octanol–water partition coefficient (Wildman–Crippen LogP) is 2.86. The van der Waals surface area contributed by atoms with Crippen molar-refractivity contribution < 1.29 is 4.92 Å². The normalized spacial score (nSPS) is 10.5. The van der Waals surface area contributed by atoms with Crippen LogP contribution in [0.1, 0.15) is 5.56 Å². The first-order chi connectivity index (χ1) is 10.8. The van der Waals surface area contributed by atoms with Gasteiger partial charge >= 0.3 is 0 Å². The standard InChI is InChI=1S/C14H11N5O2S/c20-19(21)13-9-5-4-6-11(13)10-22-14-15-16-17-18(14)12-7-2-1-3-8-12/h1-9H,10H2. The van der Waals surface area contributed by atoms with Gasteiger partial charge in [-0.1, -0.05) is 48.2 Å². The Hall–Kier alpha value is -2.74. The number of thioether (sulfide) groups is 1. The molecule has 0 aliphatic carbocycles. The van der Waals surface area contributed by atoms with Gasteiger partial charge in [-0.05, 0) is 22.6 Å². The van der Waals surface area contributed by atoms with E-state index in [9.17, 15) is 10.1 Å². The van der Waals surface area contributed by atoms with Gasteiger partial charge in [-0.15, -0.1) is 5.10 Å². The molecule has 0 aliphatic rings. The molecule has 0 bridgehead atoms. The molecule has 110 valence electrons. The van der Waals surface area contributed by atoms with E-state index in [-0.39, 0.29) is 10.6 Å². The molecule has 8 heteroatoms. The Morgan fingerprint density at radius 1 is 1.09 bits per heavy atom. The van der Waals surface area contributed by atoms with Crippen molar-refractivity contribution in [1.82, 2.24) is 20.2 Å². The van der Waals surface area contributed by atoms with Crippen LogP contribution in [0.25, 0.3) is 5.69 Å². The zero-order chi connectivity index (χ0) is 15.4. The molecule has 1 heterocycles. The molecule has 3 rings (SSSR count). The molecule has 3 aromatic rings. The van der Waals surface area contributed by atoms with E-state index < -0.39 is 0 Å². The van der Waals surface area contributed by atoms with Crippen LogP contribution in [-0.4, -0.2) is 25.1 Å². The maximum absolute atomic E-state index is 11.0. The summed E-state index contributed by atoms with van der Waals surface area (Å²) in [6.07, 6.45) is 0. The van der Waals surface area contributed by atoms with Gasteiger partial charge in [0.15, 0.2) is 0 Å². The lowest BCUT2D eigenvalue weighted by molar-refractivity contribution is -0.385. The van der Waals surface area contributed by atoms with E-state index in [1.165, 1.54) is 17.8 Å². The van der Waals surface area contributed by atoms with Gasteiger partial charge in [0.1, 0.15) is 0 Å². The summed E-state index contributed by atoms with van der Waals surface area (Å²) in [6.45, 7) is 0. The number of nitro groups is 1. The molecular weight excluding hydrogens is 302 g/mol. The van der Waals surface area contributed by atoms with Gasteiger partial charge < -0.3 is 0 Å². The van der Waals surface area contributed by atoms with E-state index in [4.69, 9.17) is 0 Å².